The number of benzene rings is 2. The Kier molecular flexibility index (Phi) is 4.26. The second-order valence-electron chi connectivity index (χ2n) is 5.24. The van der Waals surface area contributed by atoms with Crippen LogP contribution in [0.25, 0.3) is 17.8 Å². The van der Waals surface area contributed by atoms with Crippen molar-refractivity contribution >= 4 is 18.1 Å². The molecule has 1 N–H and O–H groups in total. The molecule has 0 bridgehead atoms. The van der Waals surface area contributed by atoms with Gasteiger partial charge in [0.05, 0.1) is 11.1 Å². The highest BCUT2D eigenvalue weighted by atomic mass is 16.4. The highest BCUT2D eigenvalue weighted by Gasteiger charge is 2.07. The Balaban J connectivity index is 1.92. The smallest absolute Gasteiger partial charge is 0.335 e. The average molecular weight is 314 g/mol. The summed E-state index contributed by atoms with van der Waals surface area (Å²) in [6.07, 6.45) is 7.44. The number of hydrogen-bond donors (Lipinski definition) is 1. The second-order valence-corrected chi connectivity index (χ2v) is 5.24. The summed E-state index contributed by atoms with van der Waals surface area (Å²) in [4.78, 5) is 10.9. The number of hydrogen-bond acceptors (Lipinski definition) is 2. The number of carboxylic acid groups (broad SMARTS) is 1. The van der Waals surface area contributed by atoms with E-state index in [1.165, 1.54) is 0 Å². The summed E-state index contributed by atoms with van der Waals surface area (Å²) in [6.45, 7) is 0. The van der Waals surface area contributed by atoms with Crippen LogP contribution in [0, 0.1) is 11.3 Å². The lowest BCUT2D eigenvalue weighted by atomic mass is 10.1. The Morgan fingerprint density at radius 2 is 1.71 bits per heavy atom. The maximum absolute atomic E-state index is 10.9. The van der Waals surface area contributed by atoms with Gasteiger partial charge in [0.25, 0.3) is 0 Å². The summed E-state index contributed by atoms with van der Waals surface area (Å²) in [7, 11) is 0. The molecule has 1 aromatic heterocycles. The highest BCUT2D eigenvalue weighted by Crippen LogP contribution is 2.18. The molecule has 0 spiro atoms. The minimum absolute atomic E-state index is 0.232. The fourth-order valence-electron chi connectivity index (χ4n) is 2.37. The van der Waals surface area contributed by atoms with Crippen molar-refractivity contribution in [3.63, 3.8) is 0 Å². The van der Waals surface area contributed by atoms with Gasteiger partial charge >= 0.3 is 5.97 Å². The molecule has 1 heterocycles. The van der Waals surface area contributed by atoms with E-state index in [9.17, 15) is 10.1 Å². The molecule has 4 nitrogen and oxygen atoms in total. The van der Waals surface area contributed by atoms with Crippen LogP contribution in [-0.4, -0.2) is 15.6 Å². The number of nitriles is 1. The van der Waals surface area contributed by atoms with Crippen molar-refractivity contribution in [3.05, 3.63) is 89.2 Å². The summed E-state index contributed by atoms with van der Waals surface area (Å²) in [6, 6.07) is 18.6. The third kappa shape index (κ3) is 3.26. The third-order valence-corrected chi connectivity index (χ3v) is 3.65. The van der Waals surface area contributed by atoms with Crippen LogP contribution >= 0.6 is 0 Å². The number of aromatic nitrogens is 1. The van der Waals surface area contributed by atoms with E-state index in [-0.39, 0.29) is 5.56 Å². The van der Waals surface area contributed by atoms with Gasteiger partial charge in [-0.2, -0.15) is 5.26 Å². The molecule has 116 valence electrons. The maximum Gasteiger partial charge on any atom is 0.335 e. The van der Waals surface area contributed by atoms with Crippen LogP contribution in [0.15, 0.2) is 67.0 Å². The first-order valence-corrected chi connectivity index (χ1v) is 7.36. The van der Waals surface area contributed by atoms with Gasteiger partial charge in [-0.15, -0.1) is 0 Å². The van der Waals surface area contributed by atoms with Gasteiger partial charge < -0.3 is 9.67 Å². The predicted octanol–water partition coefficient (Wildman–Crippen LogP) is 4.22. The Labute approximate surface area is 139 Å². The molecular weight excluding hydrogens is 300 g/mol. The van der Waals surface area contributed by atoms with E-state index < -0.39 is 5.97 Å². The lowest BCUT2D eigenvalue weighted by Gasteiger charge is -2.02. The SMILES string of the molecule is N#Cc1cn(-c2ccc(C(=O)O)cc2)cc1C=Cc1ccccc1. The first kappa shape index (κ1) is 15.3. The first-order valence-electron chi connectivity index (χ1n) is 7.36. The molecule has 2 aromatic carbocycles. The van der Waals surface area contributed by atoms with E-state index in [4.69, 9.17) is 5.11 Å². The summed E-state index contributed by atoms with van der Waals surface area (Å²) in [5.41, 5.74) is 3.46. The van der Waals surface area contributed by atoms with Crippen molar-refractivity contribution in [2.75, 3.05) is 0 Å². The van der Waals surface area contributed by atoms with Crippen molar-refractivity contribution < 1.29 is 9.90 Å². The van der Waals surface area contributed by atoms with Crippen LogP contribution in [0.2, 0.25) is 0 Å². The van der Waals surface area contributed by atoms with Gasteiger partial charge in [-0.05, 0) is 29.8 Å². The number of carbonyl (C=O) groups is 1. The van der Waals surface area contributed by atoms with E-state index in [1.807, 2.05) is 53.2 Å². The Hall–Kier alpha value is -3.58. The van der Waals surface area contributed by atoms with Gasteiger partial charge in [-0.3, -0.25) is 0 Å². The second kappa shape index (κ2) is 6.67. The van der Waals surface area contributed by atoms with Gasteiger partial charge in [0.2, 0.25) is 0 Å². The molecule has 3 rings (SSSR count). The largest absolute Gasteiger partial charge is 0.478 e. The molecule has 3 aromatic rings. The minimum Gasteiger partial charge on any atom is -0.478 e. The van der Waals surface area contributed by atoms with Crippen LogP contribution in [0.5, 0.6) is 0 Å². The zero-order valence-corrected chi connectivity index (χ0v) is 12.8. The van der Waals surface area contributed by atoms with Crippen LogP contribution < -0.4 is 0 Å². The van der Waals surface area contributed by atoms with Crippen LogP contribution in [-0.2, 0) is 0 Å². The topological polar surface area (TPSA) is 66.0 Å². The lowest BCUT2D eigenvalue weighted by molar-refractivity contribution is 0.0697. The number of rotatable bonds is 4. The molecule has 0 unspecified atom stereocenters. The van der Waals surface area contributed by atoms with Gasteiger partial charge in [0.1, 0.15) is 6.07 Å². The standard InChI is InChI=1S/C20H14N2O2/c21-12-18-14-22(19-10-8-16(9-11-19)20(23)24)13-17(18)7-6-15-4-2-1-3-5-15/h1-11,13-14H,(H,23,24). The van der Waals surface area contributed by atoms with Gasteiger partial charge in [-0.1, -0.05) is 42.5 Å². The molecule has 0 saturated heterocycles. The molecule has 0 aliphatic rings. The zero-order chi connectivity index (χ0) is 16.9. The number of carboxylic acids is 1. The summed E-state index contributed by atoms with van der Waals surface area (Å²) in [5.74, 6) is -0.960. The zero-order valence-electron chi connectivity index (χ0n) is 12.8. The highest BCUT2D eigenvalue weighted by molar-refractivity contribution is 5.87. The number of nitrogens with zero attached hydrogens (tertiary/aromatic N) is 2. The molecule has 0 amide bonds. The van der Waals surface area contributed by atoms with Crippen molar-refractivity contribution in [3.8, 4) is 11.8 Å². The molecule has 4 heteroatoms. The Bertz CT molecular complexity index is 930. The fraction of sp³-hybridized carbons (Fsp3) is 0. The third-order valence-electron chi connectivity index (χ3n) is 3.65. The summed E-state index contributed by atoms with van der Waals surface area (Å²) in [5, 5.41) is 18.3. The van der Waals surface area contributed by atoms with Gasteiger partial charge in [-0.25, -0.2) is 4.79 Å². The molecule has 24 heavy (non-hydrogen) atoms. The van der Waals surface area contributed by atoms with Gasteiger partial charge in [0.15, 0.2) is 0 Å². The number of aromatic carboxylic acids is 1. The van der Waals surface area contributed by atoms with Crippen molar-refractivity contribution in [2.45, 2.75) is 0 Å². The Morgan fingerprint density at radius 3 is 2.33 bits per heavy atom. The fourth-order valence-corrected chi connectivity index (χ4v) is 2.37. The van der Waals surface area contributed by atoms with Gasteiger partial charge in [0, 0.05) is 23.6 Å². The van der Waals surface area contributed by atoms with Crippen LogP contribution in [0.4, 0.5) is 0 Å². The Morgan fingerprint density at radius 1 is 1.00 bits per heavy atom. The molecular formula is C20H14N2O2. The quantitative estimate of drug-likeness (QED) is 0.784. The van der Waals surface area contributed by atoms with Crippen molar-refractivity contribution in [2.24, 2.45) is 0 Å². The summed E-state index contributed by atoms with van der Waals surface area (Å²) >= 11 is 0. The maximum atomic E-state index is 10.9. The molecule has 0 radical (unpaired) electrons. The minimum atomic E-state index is -0.960. The van der Waals surface area contributed by atoms with Crippen molar-refractivity contribution in [1.29, 1.82) is 5.26 Å². The van der Waals surface area contributed by atoms with E-state index in [1.54, 1.807) is 30.5 Å². The van der Waals surface area contributed by atoms with E-state index >= 15 is 0 Å². The molecule has 0 fully saturated rings. The lowest BCUT2D eigenvalue weighted by Crippen LogP contribution is -1.97. The molecule has 0 saturated carbocycles. The van der Waals surface area contributed by atoms with E-state index in [0.717, 1.165) is 16.8 Å². The summed E-state index contributed by atoms with van der Waals surface area (Å²) < 4.78 is 1.81. The molecule has 0 aliphatic heterocycles. The van der Waals surface area contributed by atoms with Crippen molar-refractivity contribution in [1.82, 2.24) is 4.57 Å². The van der Waals surface area contributed by atoms with E-state index in [2.05, 4.69) is 6.07 Å². The van der Waals surface area contributed by atoms with Crippen LogP contribution in [0.1, 0.15) is 27.0 Å². The average Bonchev–Trinajstić information content (AvgIpc) is 3.04. The normalized spacial score (nSPS) is 10.6. The molecule has 0 aliphatic carbocycles. The first-order chi connectivity index (χ1) is 11.7. The monoisotopic (exact) mass is 314 g/mol. The van der Waals surface area contributed by atoms with E-state index in [0.29, 0.717) is 5.56 Å². The molecule has 0 atom stereocenters. The van der Waals surface area contributed by atoms with Crippen LogP contribution in [0.3, 0.4) is 0 Å². The predicted molar refractivity (Wildman–Crippen MR) is 92.8 cm³/mol.